The fourth-order valence-corrected chi connectivity index (χ4v) is 4.08. The quantitative estimate of drug-likeness (QED) is 0.492. The number of carbonyl (C=O) groups is 1. The molecule has 6 nitrogen and oxygen atoms in total. The summed E-state index contributed by atoms with van der Waals surface area (Å²) in [5, 5.41) is 6.05. The first-order valence-corrected chi connectivity index (χ1v) is 10.2. The number of thioether (sulfide) groups is 1. The van der Waals surface area contributed by atoms with Crippen LogP contribution in [-0.4, -0.2) is 20.9 Å². The maximum atomic E-state index is 12.2. The molecule has 1 amide bonds. The third kappa shape index (κ3) is 4.35. The Balaban J connectivity index is 1.35. The smallest absolute Gasteiger partial charge is 0.271 e. The van der Waals surface area contributed by atoms with E-state index in [0.717, 1.165) is 27.4 Å². The number of carbonyl (C=O) groups excluding carboxylic acids is 1. The van der Waals surface area contributed by atoms with E-state index in [1.54, 1.807) is 11.6 Å². The number of nitrogens with one attached hydrogen (secondary N) is 1. The number of rotatable bonds is 6. The first-order chi connectivity index (χ1) is 13.2. The van der Waals surface area contributed by atoms with E-state index < -0.39 is 0 Å². The fraction of sp³-hybridized carbons (Fsp3) is 0.158. The van der Waals surface area contributed by atoms with Gasteiger partial charge >= 0.3 is 0 Å². The summed E-state index contributed by atoms with van der Waals surface area (Å²) in [4.78, 5) is 25.3. The van der Waals surface area contributed by atoms with Crippen molar-refractivity contribution in [3.05, 3.63) is 69.9 Å². The van der Waals surface area contributed by atoms with Crippen LogP contribution in [0, 0.1) is 6.92 Å². The van der Waals surface area contributed by atoms with E-state index in [1.165, 1.54) is 23.1 Å². The maximum absolute atomic E-state index is 12.2. The molecule has 0 fully saturated rings. The van der Waals surface area contributed by atoms with Gasteiger partial charge in [-0.3, -0.25) is 9.78 Å². The number of aryl methyl sites for hydroxylation is 1. The van der Waals surface area contributed by atoms with Crippen molar-refractivity contribution in [2.24, 2.45) is 0 Å². The van der Waals surface area contributed by atoms with Gasteiger partial charge in [0.05, 0.1) is 18.0 Å². The average Bonchev–Trinajstić information content (AvgIpc) is 3.31. The largest absolute Gasteiger partial charge is 0.431 e. The Hall–Kier alpha value is -2.71. The summed E-state index contributed by atoms with van der Waals surface area (Å²) in [6, 6.07) is 11.5. The molecular formula is C19H16N4O2S2. The molecule has 0 saturated carbocycles. The van der Waals surface area contributed by atoms with Crippen molar-refractivity contribution < 1.29 is 9.21 Å². The van der Waals surface area contributed by atoms with Crippen LogP contribution in [0.5, 0.6) is 0 Å². The Labute approximate surface area is 164 Å². The van der Waals surface area contributed by atoms with Crippen molar-refractivity contribution in [2.45, 2.75) is 24.4 Å². The van der Waals surface area contributed by atoms with Gasteiger partial charge in [-0.05, 0) is 36.8 Å². The number of fused-ring (bicyclic) bond motifs is 1. The Morgan fingerprint density at radius 1 is 1.26 bits per heavy atom. The van der Waals surface area contributed by atoms with Gasteiger partial charge in [-0.1, -0.05) is 23.9 Å². The molecule has 0 aliphatic heterocycles. The molecule has 4 rings (SSSR count). The van der Waals surface area contributed by atoms with Gasteiger partial charge in [0.15, 0.2) is 5.58 Å². The molecule has 0 spiro atoms. The monoisotopic (exact) mass is 396 g/mol. The lowest BCUT2D eigenvalue weighted by molar-refractivity contribution is 0.0946. The molecule has 0 aliphatic rings. The van der Waals surface area contributed by atoms with Crippen LogP contribution in [0.15, 0.2) is 57.6 Å². The number of oxazole rings is 1. The third-order valence-electron chi connectivity index (χ3n) is 3.78. The normalized spacial score (nSPS) is 11.0. The highest BCUT2D eigenvalue weighted by molar-refractivity contribution is 7.98. The Morgan fingerprint density at radius 2 is 2.19 bits per heavy atom. The maximum Gasteiger partial charge on any atom is 0.271 e. The van der Waals surface area contributed by atoms with Crippen LogP contribution >= 0.6 is 23.1 Å². The lowest BCUT2D eigenvalue weighted by Crippen LogP contribution is -2.23. The van der Waals surface area contributed by atoms with E-state index in [-0.39, 0.29) is 5.91 Å². The van der Waals surface area contributed by atoms with Crippen LogP contribution in [-0.2, 0) is 12.3 Å². The van der Waals surface area contributed by atoms with Crippen molar-refractivity contribution >= 4 is 40.1 Å². The van der Waals surface area contributed by atoms with Crippen molar-refractivity contribution in [3.8, 4) is 0 Å². The molecule has 0 saturated heterocycles. The highest BCUT2D eigenvalue weighted by atomic mass is 32.2. The molecule has 1 aromatic carbocycles. The minimum Gasteiger partial charge on any atom is -0.431 e. The number of benzene rings is 1. The number of nitrogens with zero attached hydrogens (tertiary/aromatic N) is 3. The fourth-order valence-electron chi connectivity index (χ4n) is 2.45. The number of amides is 1. The van der Waals surface area contributed by atoms with Crippen LogP contribution in [0.4, 0.5) is 0 Å². The highest BCUT2D eigenvalue weighted by Crippen LogP contribution is 2.27. The van der Waals surface area contributed by atoms with Crippen molar-refractivity contribution in [2.75, 3.05) is 0 Å². The van der Waals surface area contributed by atoms with E-state index in [4.69, 9.17) is 4.42 Å². The molecule has 4 aromatic rings. The Kier molecular flexibility index (Phi) is 5.17. The number of pyridine rings is 1. The second kappa shape index (κ2) is 7.89. The first-order valence-electron chi connectivity index (χ1n) is 8.30. The summed E-state index contributed by atoms with van der Waals surface area (Å²) in [6.07, 6.45) is 1.70. The van der Waals surface area contributed by atoms with Gasteiger partial charge in [0.1, 0.15) is 16.2 Å². The van der Waals surface area contributed by atoms with E-state index in [9.17, 15) is 4.79 Å². The molecule has 3 heterocycles. The number of thiazole rings is 1. The van der Waals surface area contributed by atoms with E-state index in [2.05, 4.69) is 20.3 Å². The number of aromatic nitrogens is 3. The van der Waals surface area contributed by atoms with Crippen molar-refractivity contribution in [3.63, 3.8) is 0 Å². The second-order valence-electron chi connectivity index (χ2n) is 5.87. The van der Waals surface area contributed by atoms with E-state index >= 15 is 0 Å². The van der Waals surface area contributed by atoms with Crippen LogP contribution in [0.2, 0.25) is 0 Å². The molecule has 8 heteroatoms. The predicted molar refractivity (Wildman–Crippen MR) is 106 cm³/mol. The first kappa shape index (κ1) is 17.7. The van der Waals surface area contributed by atoms with Gasteiger partial charge in [-0.2, -0.15) is 0 Å². The molecule has 3 aromatic heterocycles. The lowest BCUT2D eigenvalue weighted by Gasteiger charge is -2.01. The molecule has 1 N–H and O–H groups in total. The summed E-state index contributed by atoms with van der Waals surface area (Å²) in [5.74, 6) is 0.398. The van der Waals surface area contributed by atoms with Gasteiger partial charge in [-0.15, -0.1) is 11.3 Å². The Bertz CT molecular complexity index is 1080. The molecule has 136 valence electrons. The average molecular weight is 396 g/mol. The molecule has 27 heavy (non-hydrogen) atoms. The SMILES string of the molecule is Cc1ccc2oc(SCc3nc(C(=O)NCc4ccccn4)cs3)nc2c1. The van der Waals surface area contributed by atoms with Crippen LogP contribution in [0.25, 0.3) is 11.1 Å². The summed E-state index contributed by atoms with van der Waals surface area (Å²) in [6.45, 7) is 2.40. The number of hydrogen-bond acceptors (Lipinski definition) is 7. The van der Waals surface area contributed by atoms with Gasteiger partial charge in [0.2, 0.25) is 0 Å². The van der Waals surface area contributed by atoms with Crippen molar-refractivity contribution in [1.29, 1.82) is 0 Å². The molecule has 0 unspecified atom stereocenters. The molecule has 0 radical (unpaired) electrons. The summed E-state index contributed by atoms with van der Waals surface area (Å²) < 4.78 is 5.73. The third-order valence-corrected chi connectivity index (χ3v) is 5.65. The minimum atomic E-state index is -0.203. The topological polar surface area (TPSA) is 80.9 Å². The predicted octanol–water partition coefficient (Wildman–Crippen LogP) is 4.21. The second-order valence-corrected chi connectivity index (χ2v) is 7.74. The van der Waals surface area contributed by atoms with Crippen LogP contribution < -0.4 is 5.32 Å². The van der Waals surface area contributed by atoms with Gasteiger partial charge in [-0.25, -0.2) is 9.97 Å². The summed E-state index contributed by atoms with van der Waals surface area (Å²) >= 11 is 2.92. The zero-order valence-corrected chi connectivity index (χ0v) is 16.1. The number of hydrogen-bond donors (Lipinski definition) is 1. The zero-order chi connectivity index (χ0) is 18.6. The molecule has 0 bridgehead atoms. The lowest BCUT2D eigenvalue weighted by atomic mass is 10.2. The Morgan fingerprint density at radius 3 is 3.04 bits per heavy atom. The van der Waals surface area contributed by atoms with Crippen LogP contribution in [0.3, 0.4) is 0 Å². The van der Waals surface area contributed by atoms with Gasteiger partial charge in [0.25, 0.3) is 11.1 Å². The highest BCUT2D eigenvalue weighted by Gasteiger charge is 2.12. The van der Waals surface area contributed by atoms with Crippen molar-refractivity contribution in [1.82, 2.24) is 20.3 Å². The van der Waals surface area contributed by atoms with E-state index in [0.29, 0.717) is 23.2 Å². The molecule has 0 aliphatic carbocycles. The summed E-state index contributed by atoms with van der Waals surface area (Å²) in [7, 11) is 0. The van der Waals surface area contributed by atoms with Gasteiger partial charge < -0.3 is 9.73 Å². The zero-order valence-electron chi connectivity index (χ0n) is 14.5. The summed E-state index contributed by atoms with van der Waals surface area (Å²) in [5.41, 5.74) is 4.00. The molecule has 0 atom stereocenters. The molecular weight excluding hydrogens is 380 g/mol. The van der Waals surface area contributed by atoms with E-state index in [1.807, 2.05) is 43.3 Å². The van der Waals surface area contributed by atoms with Gasteiger partial charge in [0, 0.05) is 11.6 Å². The van der Waals surface area contributed by atoms with Crippen LogP contribution in [0.1, 0.15) is 26.8 Å². The minimum absolute atomic E-state index is 0.203. The standard InChI is InChI=1S/C19H16N4O2S2/c1-12-5-6-16-14(8-12)23-19(25-16)27-11-17-22-15(10-26-17)18(24)21-9-13-4-2-3-7-20-13/h2-8,10H,9,11H2,1H3,(H,21,24).